The van der Waals surface area contributed by atoms with E-state index in [4.69, 9.17) is 16.3 Å². The number of H-pyrrole nitrogens is 1. The molecule has 0 unspecified atom stereocenters. The maximum Gasteiger partial charge on any atom is 0.356 e. The van der Waals surface area contributed by atoms with Crippen LogP contribution in [0, 0.1) is 0 Å². The molecular weight excluding hydrogens is 292 g/mol. The van der Waals surface area contributed by atoms with Gasteiger partial charge in [0, 0.05) is 16.4 Å². The minimum atomic E-state index is -0.653. The van der Waals surface area contributed by atoms with E-state index in [1.54, 1.807) is 6.07 Å². The van der Waals surface area contributed by atoms with Crippen molar-refractivity contribution in [2.24, 2.45) is 0 Å². The number of benzene rings is 1. The van der Waals surface area contributed by atoms with E-state index < -0.39 is 5.97 Å². The fraction of sp³-hybridized carbons (Fsp3) is 0.333. The van der Waals surface area contributed by atoms with Gasteiger partial charge in [-0.15, -0.1) is 0 Å². The first-order valence-corrected chi connectivity index (χ1v) is 6.90. The summed E-state index contributed by atoms with van der Waals surface area (Å²) >= 11 is 6.14. The molecule has 1 aromatic heterocycles. The lowest BCUT2D eigenvalue weighted by molar-refractivity contribution is -0.125. The molecule has 0 saturated carbocycles. The number of esters is 1. The number of hydrogen-bond donors (Lipinski definition) is 2. The van der Waals surface area contributed by atoms with Crippen LogP contribution in [0.4, 0.5) is 0 Å². The number of nitrogens with one attached hydrogen (secondary N) is 2. The lowest BCUT2D eigenvalue weighted by atomic mass is 10.1. The second kappa shape index (κ2) is 5.77. The van der Waals surface area contributed by atoms with Crippen LogP contribution in [0.5, 0.6) is 0 Å². The van der Waals surface area contributed by atoms with Crippen LogP contribution in [-0.4, -0.2) is 29.0 Å². The molecule has 1 heterocycles. The fourth-order valence-corrected chi connectivity index (χ4v) is 2.20. The quantitative estimate of drug-likeness (QED) is 0.856. The predicted octanol–water partition coefficient (Wildman–Crippen LogP) is 2.89. The molecule has 2 aromatic rings. The van der Waals surface area contributed by atoms with Crippen LogP contribution in [0.15, 0.2) is 24.3 Å². The van der Waals surface area contributed by atoms with Crippen molar-refractivity contribution in [2.75, 3.05) is 6.61 Å². The van der Waals surface area contributed by atoms with Crippen molar-refractivity contribution in [2.45, 2.75) is 26.3 Å². The Labute approximate surface area is 127 Å². The van der Waals surface area contributed by atoms with E-state index in [1.807, 2.05) is 39.0 Å². The number of aromatic amines is 1. The first-order valence-electron chi connectivity index (χ1n) is 6.52. The third-order valence-electron chi connectivity index (χ3n) is 2.70. The number of amides is 1. The van der Waals surface area contributed by atoms with Crippen molar-refractivity contribution < 1.29 is 14.3 Å². The third kappa shape index (κ3) is 3.76. The minimum Gasteiger partial charge on any atom is -0.451 e. The van der Waals surface area contributed by atoms with E-state index >= 15 is 0 Å². The van der Waals surface area contributed by atoms with Gasteiger partial charge in [0.2, 0.25) is 0 Å². The summed E-state index contributed by atoms with van der Waals surface area (Å²) in [5.74, 6) is -1.01. The number of rotatable bonds is 3. The number of hydrogen-bond acceptors (Lipinski definition) is 3. The van der Waals surface area contributed by atoms with E-state index in [2.05, 4.69) is 10.3 Å². The highest BCUT2D eigenvalue weighted by Gasteiger charge is 2.20. The number of carbonyl (C=O) groups is 2. The van der Waals surface area contributed by atoms with Crippen LogP contribution >= 0.6 is 11.6 Å². The predicted molar refractivity (Wildman–Crippen MR) is 81.5 cm³/mol. The largest absolute Gasteiger partial charge is 0.451 e. The van der Waals surface area contributed by atoms with Crippen LogP contribution < -0.4 is 5.32 Å². The average Bonchev–Trinajstić information content (AvgIpc) is 2.72. The number of para-hydroxylation sites is 1. The molecule has 6 heteroatoms. The van der Waals surface area contributed by atoms with E-state index in [1.165, 1.54) is 0 Å². The second-order valence-electron chi connectivity index (χ2n) is 5.73. The van der Waals surface area contributed by atoms with Crippen LogP contribution in [0.1, 0.15) is 31.3 Å². The normalized spacial score (nSPS) is 11.4. The van der Waals surface area contributed by atoms with Crippen molar-refractivity contribution in [3.63, 3.8) is 0 Å². The Balaban J connectivity index is 2.06. The van der Waals surface area contributed by atoms with Gasteiger partial charge in [-0.25, -0.2) is 4.79 Å². The molecule has 0 fully saturated rings. The molecule has 5 nitrogen and oxygen atoms in total. The number of halogens is 1. The number of aromatic nitrogens is 1. The zero-order valence-corrected chi connectivity index (χ0v) is 12.9. The maximum absolute atomic E-state index is 12.0. The molecule has 0 atom stereocenters. The standard InChI is InChI=1S/C15H17ClN2O3/c1-15(2,3)18-11(19)8-21-14(20)13-12(16)9-6-4-5-7-10(9)17-13/h4-7,17H,8H2,1-3H3,(H,18,19). The summed E-state index contributed by atoms with van der Waals surface area (Å²) in [5.41, 5.74) is 0.525. The summed E-state index contributed by atoms with van der Waals surface area (Å²) in [6, 6.07) is 7.27. The Hall–Kier alpha value is -2.01. The molecule has 2 N–H and O–H groups in total. The van der Waals surface area contributed by atoms with Gasteiger partial charge in [-0.05, 0) is 26.8 Å². The highest BCUT2D eigenvalue weighted by Crippen LogP contribution is 2.27. The van der Waals surface area contributed by atoms with E-state index in [-0.39, 0.29) is 23.7 Å². The minimum absolute atomic E-state index is 0.154. The summed E-state index contributed by atoms with van der Waals surface area (Å²) < 4.78 is 4.98. The van der Waals surface area contributed by atoms with Gasteiger partial charge in [0.05, 0.1) is 5.02 Å². The Kier molecular flexibility index (Phi) is 4.23. The van der Waals surface area contributed by atoms with Gasteiger partial charge in [0.15, 0.2) is 6.61 Å². The molecule has 21 heavy (non-hydrogen) atoms. The van der Waals surface area contributed by atoms with Crippen molar-refractivity contribution in [1.82, 2.24) is 10.3 Å². The van der Waals surface area contributed by atoms with Crippen molar-refractivity contribution in [1.29, 1.82) is 0 Å². The van der Waals surface area contributed by atoms with Crippen LogP contribution in [0.2, 0.25) is 5.02 Å². The fourth-order valence-electron chi connectivity index (χ4n) is 1.91. The Morgan fingerprint density at radius 1 is 1.29 bits per heavy atom. The van der Waals surface area contributed by atoms with Crippen LogP contribution in [0.3, 0.4) is 0 Å². The Bertz CT molecular complexity index is 686. The molecule has 0 aliphatic heterocycles. The van der Waals surface area contributed by atoms with Crippen molar-refractivity contribution in [3.8, 4) is 0 Å². The summed E-state index contributed by atoms with van der Waals surface area (Å²) in [4.78, 5) is 26.5. The molecule has 1 aromatic carbocycles. The highest BCUT2D eigenvalue weighted by atomic mass is 35.5. The van der Waals surface area contributed by atoms with Crippen molar-refractivity contribution in [3.05, 3.63) is 35.0 Å². The van der Waals surface area contributed by atoms with E-state index in [0.717, 1.165) is 10.9 Å². The molecule has 0 aliphatic rings. The molecule has 0 spiro atoms. The topological polar surface area (TPSA) is 71.2 Å². The van der Waals surface area contributed by atoms with Crippen LogP contribution in [0.25, 0.3) is 10.9 Å². The summed E-state index contributed by atoms with van der Waals surface area (Å²) in [5, 5.41) is 3.75. The van der Waals surface area contributed by atoms with Gasteiger partial charge >= 0.3 is 5.97 Å². The van der Waals surface area contributed by atoms with Crippen LogP contribution in [-0.2, 0) is 9.53 Å². The lowest BCUT2D eigenvalue weighted by Crippen LogP contribution is -2.42. The molecule has 0 aliphatic carbocycles. The molecule has 1 amide bonds. The van der Waals surface area contributed by atoms with E-state index in [0.29, 0.717) is 5.02 Å². The number of fused-ring (bicyclic) bond motifs is 1. The molecule has 112 valence electrons. The average molecular weight is 309 g/mol. The van der Waals surface area contributed by atoms with Gasteiger partial charge < -0.3 is 15.0 Å². The Morgan fingerprint density at radius 3 is 2.57 bits per heavy atom. The zero-order valence-electron chi connectivity index (χ0n) is 12.1. The summed E-state index contributed by atoms with van der Waals surface area (Å²) in [6.07, 6.45) is 0. The molecule has 0 radical (unpaired) electrons. The first-order chi connectivity index (χ1) is 9.78. The zero-order chi connectivity index (χ0) is 15.6. The number of carbonyl (C=O) groups excluding carboxylic acids is 2. The molecule has 2 rings (SSSR count). The van der Waals surface area contributed by atoms with Crippen molar-refractivity contribution >= 4 is 34.4 Å². The summed E-state index contributed by atoms with van der Waals surface area (Å²) in [6.45, 7) is 5.20. The second-order valence-corrected chi connectivity index (χ2v) is 6.11. The van der Waals surface area contributed by atoms with Gasteiger partial charge in [0.1, 0.15) is 5.69 Å². The van der Waals surface area contributed by atoms with E-state index in [9.17, 15) is 9.59 Å². The Morgan fingerprint density at radius 2 is 1.95 bits per heavy atom. The molecular formula is C15H17ClN2O3. The van der Waals surface area contributed by atoms with Gasteiger partial charge in [-0.3, -0.25) is 4.79 Å². The van der Waals surface area contributed by atoms with Gasteiger partial charge in [-0.2, -0.15) is 0 Å². The highest BCUT2D eigenvalue weighted by molar-refractivity contribution is 6.38. The molecule has 0 saturated heterocycles. The summed E-state index contributed by atoms with van der Waals surface area (Å²) in [7, 11) is 0. The lowest BCUT2D eigenvalue weighted by Gasteiger charge is -2.20. The maximum atomic E-state index is 12.0. The first kappa shape index (κ1) is 15.4. The third-order valence-corrected chi connectivity index (χ3v) is 3.09. The molecule has 0 bridgehead atoms. The van der Waals surface area contributed by atoms with Gasteiger partial charge in [-0.1, -0.05) is 29.8 Å². The van der Waals surface area contributed by atoms with Gasteiger partial charge in [0.25, 0.3) is 5.91 Å². The SMILES string of the molecule is CC(C)(C)NC(=O)COC(=O)c1[nH]c2ccccc2c1Cl. The number of ether oxygens (including phenoxy) is 1. The smallest absolute Gasteiger partial charge is 0.356 e. The monoisotopic (exact) mass is 308 g/mol.